The maximum atomic E-state index is 14.1. The summed E-state index contributed by atoms with van der Waals surface area (Å²) >= 11 is 0. The molecular weight excluding hydrogens is 520 g/mol. The van der Waals surface area contributed by atoms with Gasteiger partial charge in [-0.2, -0.15) is 0 Å². The maximum absolute atomic E-state index is 14.1. The number of methoxy groups -OCH3 is 2. The summed E-state index contributed by atoms with van der Waals surface area (Å²) in [6.07, 6.45) is -0.355. The largest absolute Gasteiger partial charge is 0.497 e. The molecule has 2 heterocycles. The molecule has 208 valence electrons. The quantitative estimate of drug-likeness (QED) is 0.343. The van der Waals surface area contributed by atoms with Crippen LogP contribution in [0.25, 0.3) is 0 Å². The Balaban J connectivity index is 1.38. The highest BCUT2D eigenvalue weighted by atomic mass is 16.6. The second kappa shape index (κ2) is 11.3. The Hall–Kier alpha value is -4.98. The second-order valence-electron chi connectivity index (χ2n) is 9.90. The van der Waals surface area contributed by atoms with Crippen molar-refractivity contribution in [1.29, 1.82) is 0 Å². The fourth-order valence-electron chi connectivity index (χ4n) is 5.47. The molecule has 0 saturated carbocycles. The predicted molar refractivity (Wildman–Crippen MR) is 154 cm³/mol. The van der Waals surface area contributed by atoms with E-state index in [9.17, 15) is 9.59 Å². The Morgan fingerprint density at radius 3 is 2.20 bits per heavy atom. The molecule has 2 amide bonds. The van der Waals surface area contributed by atoms with Gasteiger partial charge in [0.15, 0.2) is 11.5 Å². The van der Waals surface area contributed by atoms with Crippen LogP contribution in [0.4, 0.5) is 5.69 Å². The van der Waals surface area contributed by atoms with Gasteiger partial charge in [0.25, 0.3) is 5.91 Å². The molecule has 8 nitrogen and oxygen atoms in total. The number of hydrogen-bond donors (Lipinski definition) is 1. The average molecular weight is 551 g/mol. The summed E-state index contributed by atoms with van der Waals surface area (Å²) in [5.74, 6) is 1.59. The molecule has 0 spiro atoms. The lowest BCUT2D eigenvalue weighted by Crippen LogP contribution is -2.49. The SMILES string of the molecule is COc1ccc([C@@H]2[C@@H](C(=O)NC[C@@H]3COc4ccccc4O3)c3ccccc3C(=O)N2c2ccc(OC)cc2)cc1. The van der Waals surface area contributed by atoms with Gasteiger partial charge in [-0.3, -0.25) is 14.5 Å². The van der Waals surface area contributed by atoms with Crippen molar-refractivity contribution < 1.29 is 28.5 Å². The molecule has 41 heavy (non-hydrogen) atoms. The highest BCUT2D eigenvalue weighted by Crippen LogP contribution is 2.45. The van der Waals surface area contributed by atoms with Gasteiger partial charge in [-0.1, -0.05) is 42.5 Å². The molecule has 0 saturated heterocycles. The monoisotopic (exact) mass is 550 g/mol. The Morgan fingerprint density at radius 1 is 0.854 bits per heavy atom. The van der Waals surface area contributed by atoms with Crippen molar-refractivity contribution in [1.82, 2.24) is 5.32 Å². The smallest absolute Gasteiger partial charge is 0.259 e. The van der Waals surface area contributed by atoms with Crippen LogP contribution >= 0.6 is 0 Å². The lowest BCUT2D eigenvalue weighted by molar-refractivity contribution is -0.123. The van der Waals surface area contributed by atoms with Crippen LogP contribution in [0.15, 0.2) is 97.1 Å². The highest BCUT2D eigenvalue weighted by Gasteiger charge is 2.45. The molecular formula is C33H30N2O6. The summed E-state index contributed by atoms with van der Waals surface area (Å²) in [6.45, 7) is 0.564. The lowest BCUT2D eigenvalue weighted by atomic mass is 9.78. The molecule has 0 radical (unpaired) electrons. The van der Waals surface area contributed by atoms with Crippen LogP contribution in [0.2, 0.25) is 0 Å². The van der Waals surface area contributed by atoms with E-state index < -0.39 is 12.0 Å². The third-order valence-electron chi connectivity index (χ3n) is 7.50. The first-order chi connectivity index (χ1) is 20.1. The lowest BCUT2D eigenvalue weighted by Gasteiger charge is -2.42. The van der Waals surface area contributed by atoms with Gasteiger partial charge in [0, 0.05) is 11.3 Å². The molecule has 2 aliphatic heterocycles. The minimum atomic E-state index is -0.698. The van der Waals surface area contributed by atoms with Crippen molar-refractivity contribution in [3.05, 3.63) is 114 Å². The minimum absolute atomic E-state index is 0.184. The molecule has 4 aromatic carbocycles. The summed E-state index contributed by atoms with van der Waals surface area (Å²) in [6, 6.07) is 28.9. The van der Waals surface area contributed by atoms with E-state index in [1.54, 1.807) is 25.2 Å². The fourth-order valence-corrected chi connectivity index (χ4v) is 5.47. The number of hydrogen-bond acceptors (Lipinski definition) is 6. The van der Waals surface area contributed by atoms with Crippen molar-refractivity contribution in [3.8, 4) is 23.0 Å². The Morgan fingerprint density at radius 2 is 1.49 bits per heavy atom. The van der Waals surface area contributed by atoms with E-state index >= 15 is 0 Å². The number of nitrogens with one attached hydrogen (secondary N) is 1. The predicted octanol–water partition coefficient (Wildman–Crippen LogP) is 5.15. The summed E-state index contributed by atoms with van der Waals surface area (Å²) in [7, 11) is 3.20. The summed E-state index contributed by atoms with van der Waals surface area (Å²) in [5.41, 5.74) is 2.62. The zero-order valence-corrected chi connectivity index (χ0v) is 22.8. The van der Waals surface area contributed by atoms with E-state index in [1.165, 1.54) is 0 Å². The van der Waals surface area contributed by atoms with E-state index in [1.807, 2.05) is 91.0 Å². The first kappa shape index (κ1) is 26.3. The van der Waals surface area contributed by atoms with E-state index in [4.69, 9.17) is 18.9 Å². The van der Waals surface area contributed by atoms with E-state index in [2.05, 4.69) is 5.32 Å². The average Bonchev–Trinajstić information content (AvgIpc) is 3.03. The van der Waals surface area contributed by atoms with Crippen LogP contribution in [-0.2, 0) is 4.79 Å². The van der Waals surface area contributed by atoms with Crippen molar-refractivity contribution in [2.75, 3.05) is 32.3 Å². The third kappa shape index (κ3) is 5.04. The molecule has 0 aliphatic carbocycles. The summed E-state index contributed by atoms with van der Waals surface area (Å²) in [4.78, 5) is 29.9. The topological polar surface area (TPSA) is 86.3 Å². The van der Waals surface area contributed by atoms with Crippen molar-refractivity contribution in [2.45, 2.75) is 18.1 Å². The number of nitrogens with zero attached hydrogens (tertiary/aromatic N) is 1. The number of benzene rings is 4. The number of amides is 2. The fraction of sp³-hybridized carbons (Fsp3) is 0.212. The van der Waals surface area contributed by atoms with Crippen molar-refractivity contribution >= 4 is 17.5 Å². The van der Waals surface area contributed by atoms with Gasteiger partial charge >= 0.3 is 0 Å². The minimum Gasteiger partial charge on any atom is -0.497 e. The van der Waals surface area contributed by atoms with Crippen LogP contribution in [-0.4, -0.2) is 45.3 Å². The van der Waals surface area contributed by atoms with Crippen molar-refractivity contribution in [3.63, 3.8) is 0 Å². The summed E-state index contributed by atoms with van der Waals surface area (Å²) < 4.78 is 22.6. The molecule has 0 unspecified atom stereocenters. The molecule has 3 atom stereocenters. The maximum Gasteiger partial charge on any atom is 0.259 e. The van der Waals surface area contributed by atoms with Gasteiger partial charge in [0.05, 0.1) is 32.7 Å². The molecule has 0 fully saturated rings. The van der Waals surface area contributed by atoms with E-state index in [0.29, 0.717) is 46.4 Å². The highest BCUT2D eigenvalue weighted by molar-refractivity contribution is 6.11. The zero-order chi connectivity index (χ0) is 28.3. The first-order valence-electron chi connectivity index (χ1n) is 13.4. The van der Waals surface area contributed by atoms with Crippen LogP contribution in [0.1, 0.15) is 33.4 Å². The number of para-hydroxylation sites is 2. The number of carbonyl (C=O) groups excluding carboxylic acids is 2. The van der Waals surface area contributed by atoms with E-state index in [0.717, 1.165) is 5.56 Å². The second-order valence-corrected chi connectivity index (χ2v) is 9.90. The van der Waals surface area contributed by atoms with Gasteiger partial charge in [-0.25, -0.2) is 0 Å². The Bertz CT molecular complexity index is 1550. The Labute approximate surface area is 238 Å². The summed E-state index contributed by atoms with van der Waals surface area (Å²) in [5, 5.41) is 3.09. The van der Waals surface area contributed by atoms with Crippen LogP contribution in [0.5, 0.6) is 23.0 Å². The standard InChI is InChI=1S/C33H30N2O6/c1-38-23-15-11-21(12-16-23)31-30(32(36)34-19-25-20-40-28-9-5-6-10-29(28)41-25)26-7-3-4-8-27(26)33(37)35(31)22-13-17-24(39-2)18-14-22/h3-18,25,30-31H,19-20H2,1-2H3,(H,34,36)/t25-,30+,31-/m1/s1. The molecule has 0 aromatic heterocycles. The van der Waals surface area contributed by atoms with Gasteiger partial charge in [-0.15, -0.1) is 0 Å². The van der Waals surface area contributed by atoms with Crippen LogP contribution < -0.4 is 29.2 Å². The molecule has 2 aliphatic rings. The van der Waals surface area contributed by atoms with Crippen LogP contribution in [0.3, 0.4) is 0 Å². The normalized spacial score (nSPS) is 19.2. The van der Waals surface area contributed by atoms with Crippen molar-refractivity contribution in [2.24, 2.45) is 0 Å². The molecule has 1 N–H and O–H groups in total. The zero-order valence-electron chi connectivity index (χ0n) is 22.8. The van der Waals surface area contributed by atoms with E-state index in [-0.39, 0.29) is 24.5 Å². The molecule has 4 aromatic rings. The number of carbonyl (C=O) groups is 2. The molecule has 6 rings (SSSR count). The number of fused-ring (bicyclic) bond motifs is 2. The first-order valence-corrected chi connectivity index (χ1v) is 13.4. The Kier molecular flexibility index (Phi) is 7.20. The van der Waals surface area contributed by atoms with Gasteiger partial charge in [-0.05, 0) is 65.7 Å². The molecule has 0 bridgehead atoms. The third-order valence-corrected chi connectivity index (χ3v) is 7.50. The number of rotatable bonds is 7. The van der Waals surface area contributed by atoms with Gasteiger partial charge in [0.1, 0.15) is 24.2 Å². The number of ether oxygens (including phenoxy) is 4. The molecule has 8 heteroatoms. The number of anilines is 1. The van der Waals surface area contributed by atoms with Gasteiger partial charge in [0.2, 0.25) is 5.91 Å². The van der Waals surface area contributed by atoms with Crippen LogP contribution in [0, 0.1) is 0 Å². The van der Waals surface area contributed by atoms with Gasteiger partial charge < -0.3 is 24.3 Å².